The number of carboxylic acid groups (broad SMARTS) is 2. The maximum absolute atomic E-state index is 13.4. The fourth-order valence-corrected chi connectivity index (χ4v) is 5.45. The molecule has 1 saturated heterocycles. The van der Waals surface area contributed by atoms with Crippen molar-refractivity contribution < 1.29 is 24.6 Å². The van der Waals surface area contributed by atoms with E-state index in [9.17, 15) is 14.4 Å². The number of aliphatic carboxylic acids is 2. The number of carboxylic acids is 2. The first-order valence-corrected chi connectivity index (χ1v) is 12.3. The fourth-order valence-electron chi connectivity index (χ4n) is 5.45. The summed E-state index contributed by atoms with van der Waals surface area (Å²) in [4.78, 5) is 34.9. The van der Waals surface area contributed by atoms with Crippen molar-refractivity contribution in [1.82, 2.24) is 9.47 Å². The van der Waals surface area contributed by atoms with Crippen molar-refractivity contribution in [3.05, 3.63) is 48.2 Å². The Labute approximate surface area is 207 Å². The normalized spacial score (nSPS) is 19.9. The van der Waals surface area contributed by atoms with Crippen LogP contribution < -0.4 is 0 Å². The van der Waals surface area contributed by atoms with Crippen LogP contribution in [0.3, 0.4) is 0 Å². The Morgan fingerprint density at radius 2 is 1.51 bits per heavy atom. The Balaban J connectivity index is 0.000000371. The fraction of sp³-hybridized carbons (Fsp3) is 0.536. The second-order valence-electron chi connectivity index (χ2n) is 11.0. The molecule has 1 aliphatic carbocycles. The van der Waals surface area contributed by atoms with Gasteiger partial charge in [0.05, 0.1) is 0 Å². The summed E-state index contributed by atoms with van der Waals surface area (Å²) in [5.74, 6) is -1.25. The van der Waals surface area contributed by atoms with E-state index < -0.39 is 11.9 Å². The number of hydrogen-bond acceptors (Lipinski definition) is 4. The molecule has 0 spiro atoms. The summed E-state index contributed by atoms with van der Waals surface area (Å²) in [6.45, 7) is 12.4. The highest BCUT2D eigenvalue weighted by Gasteiger charge is 2.68. The standard InChI is InChI=1S/C24H34N2O.C4H4O4/c1-23(2)22(24(23,3)4)21(27)19-16-26(20-9-7-6-8-18(19)20)15-12-17-10-13-25(5)14-11-17;5-3(6)1-2-4(7)8/h6-9,16-17,22H,10-15H2,1-5H3;1-2H,(H,5,6)(H,7,8)/b;2-1+. The van der Waals surface area contributed by atoms with E-state index in [1.54, 1.807) is 0 Å². The van der Waals surface area contributed by atoms with Crippen molar-refractivity contribution in [3.63, 3.8) is 0 Å². The molecule has 1 aromatic heterocycles. The van der Waals surface area contributed by atoms with Crippen molar-refractivity contribution in [2.75, 3.05) is 20.1 Å². The summed E-state index contributed by atoms with van der Waals surface area (Å²) in [5, 5.41) is 16.8. The van der Waals surface area contributed by atoms with Gasteiger partial charge in [-0.05, 0) is 62.2 Å². The summed E-state index contributed by atoms with van der Waals surface area (Å²) < 4.78 is 2.34. The lowest BCUT2D eigenvalue weighted by Gasteiger charge is -2.29. The van der Waals surface area contributed by atoms with Gasteiger partial charge in [-0.25, -0.2) is 9.59 Å². The summed E-state index contributed by atoms with van der Waals surface area (Å²) >= 11 is 0. The van der Waals surface area contributed by atoms with Crippen LogP contribution in [0.15, 0.2) is 42.6 Å². The molecule has 1 saturated carbocycles. The third kappa shape index (κ3) is 5.84. The number of likely N-dealkylation sites (tertiary alicyclic amines) is 1. The molecule has 7 heteroatoms. The molecule has 190 valence electrons. The molecule has 2 heterocycles. The van der Waals surface area contributed by atoms with Crippen LogP contribution >= 0.6 is 0 Å². The van der Waals surface area contributed by atoms with Crippen molar-refractivity contribution >= 4 is 28.6 Å². The molecule has 4 rings (SSSR count). The van der Waals surface area contributed by atoms with E-state index in [1.807, 2.05) is 0 Å². The Kier molecular flexibility index (Phi) is 7.90. The third-order valence-electron chi connectivity index (χ3n) is 8.32. The number of nitrogens with zero attached hydrogens (tertiary/aromatic N) is 2. The molecule has 7 nitrogen and oxygen atoms in total. The molecule has 1 aliphatic heterocycles. The second-order valence-corrected chi connectivity index (χ2v) is 11.0. The molecule has 0 amide bonds. The van der Waals surface area contributed by atoms with Gasteiger partial charge in [0.2, 0.25) is 0 Å². The van der Waals surface area contributed by atoms with E-state index in [1.165, 1.54) is 37.9 Å². The van der Waals surface area contributed by atoms with Gasteiger partial charge < -0.3 is 19.7 Å². The molecule has 0 radical (unpaired) electrons. The number of carbonyl (C=O) groups is 3. The van der Waals surface area contributed by atoms with Crippen LogP contribution in [0.5, 0.6) is 0 Å². The Hall–Kier alpha value is -2.93. The molecule has 0 unspecified atom stereocenters. The van der Waals surface area contributed by atoms with Gasteiger partial charge in [0.25, 0.3) is 0 Å². The molecule has 1 aromatic carbocycles. The maximum atomic E-state index is 13.4. The number of hydrogen-bond donors (Lipinski definition) is 2. The summed E-state index contributed by atoms with van der Waals surface area (Å²) in [6.07, 6.45) is 7.07. The topological polar surface area (TPSA) is 99.8 Å². The lowest BCUT2D eigenvalue weighted by Crippen LogP contribution is -2.30. The van der Waals surface area contributed by atoms with Gasteiger partial charge in [0.1, 0.15) is 0 Å². The summed E-state index contributed by atoms with van der Waals surface area (Å²) in [7, 11) is 2.22. The molecular formula is C28H38N2O5. The van der Waals surface area contributed by atoms with Gasteiger partial charge in [0.15, 0.2) is 5.78 Å². The minimum absolute atomic E-state index is 0.0847. The van der Waals surface area contributed by atoms with Gasteiger partial charge in [-0.3, -0.25) is 4.79 Å². The monoisotopic (exact) mass is 482 g/mol. The Morgan fingerprint density at radius 1 is 0.971 bits per heavy atom. The van der Waals surface area contributed by atoms with Crippen LogP contribution in [0.25, 0.3) is 10.9 Å². The second kappa shape index (κ2) is 10.4. The average molecular weight is 483 g/mol. The third-order valence-corrected chi connectivity index (χ3v) is 8.32. The number of aryl methyl sites for hydroxylation is 1. The number of ketones is 1. The molecular weight excluding hydrogens is 444 g/mol. The van der Waals surface area contributed by atoms with Crippen LogP contribution in [0.1, 0.15) is 57.3 Å². The zero-order valence-electron chi connectivity index (χ0n) is 21.5. The van der Waals surface area contributed by atoms with Crippen LogP contribution in [0.4, 0.5) is 0 Å². The smallest absolute Gasteiger partial charge is 0.328 e. The Bertz CT molecular complexity index is 1090. The molecule has 35 heavy (non-hydrogen) atoms. The van der Waals surface area contributed by atoms with Crippen LogP contribution in [-0.4, -0.2) is 57.5 Å². The average Bonchev–Trinajstić information content (AvgIpc) is 3.06. The minimum atomic E-state index is -1.26. The number of aromatic nitrogens is 1. The molecule has 2 aromatic rings. The number of fused-ring (bicyclic) bond motifs is 1. The largest absolute Gasteiger partial charge is 0.478 e. The van der Waals surface area contributed by atoms with Gasteiger partial charge in [-0.1, -0.05) is 45.9 Å². The lowest BCUT2D eigenvalue weighted by atomic mass is 9.94. The summed E-state index contributed by atoms with van der Waals surface area (Å²) in [6, 6.07) is 8.44. The first-order chi connectivity index (χ1) is 16.4. The zero-order chi connectivity index (χ0) is 26.0. The molecule has 2 fully saturated rings. The summed E-state index contributed by atoms with van der Waals surface area (Å²) in [5.41, 5.74) is 2.31. The Morgan fingerprint density at radius 3 is 2.03 bits per heavy atom. The van der Waals surface area contributed by atoms with Crippen LogP contribution in [0, 0.1) is 22.7 Å². The number of benzene rings is 1. The van der Waals surface area contributed by atoms with Crippen LogP contribution in [0.2, 0.25) is 0 Å². The van der Waals surface area contributed by atoms with Gasteiger partial charge >= 0.3 is 11.9 Å². The number of rotatable bonds is 7. The zero-order valence-corrected chi connectivity index (χ0v) is 21.5. The SMILES string of the molecule is CN1CCC(CCn2cc(C(=O)C3C(C)(C)C3(C)C)c3ccccc32)CC1.O=C(O)/C=C/C(=O)O. The molecule has 2 N–H and O–H groups in total. The van der Waals surface area contributed by atoms with E-state index in [0.29, 0.717) is 17.9 Å². The first kappa shape index (κ1) is 26.7. The number of piperidine rings is 1. The van der Waals surface area contributed by atoms with E-state index in [-0.39, 0.29) is 16.7 Å². The molecule has 0 bridgehead atoms. The van der Waals surface area contributed by atoms with E-state index >= 15 is 0 Å². The van der Waals surface area contributed by atoms with Gasteiger partial charge in [0, 0.05) is 47.3 Å². The predicted molar refractivity (Wildman–Crippen MR) is 137 cm³/mol. The van der Waals surface area contributed by atoms with E-state index in [0.717, 1.165) is 23.4 Å². The van der Waals surface area contributed by atoms with E-state index in [2.05, 4.69) is 74.7 Å². The molecule has 2 aliphatic rings. The highest BCUT2D eigenvalue weighted by atomic mass is 16.4. The van der Waals surface area contributed by atoms with Crippen molar-refractivity contribution in [3.8, 4) is 0 Å². The number of Topliss-reactive ketones (excluding diaryl/α,β-unsaturated/α-hetero) is 1. The minimum Gasteiger partial charge on any atom is -0.478 e. The van der Waals surface area contributed by atoms with Crippen LogP contribution in [-0.2, 0) is 16.1 Å². The molecule has 0 atom stereocenters. The van der Waals surface area contributed by atoms with Crippen molar-refractivity contribution in [1.29, 1.82) is 0 Å². The quantitative estimate of drug-likeness (QED) is 0.428. The van der Waals surface area contributed by atoms with Gasteiger partial charge in [-0.2, -0.15) is 0 Å². The van der Waals surface area contributed by atoms with Crippen molar-refractivity contribution in [2.24, 2.45) is 22.7 Å². The highest BCUT2D eigenvalue weighted by molar-refractivity contribution is 6.11. The highest BCUT2D eigenvalue weighted by Crippen LogP contribution is 2.69. The van der Waals surface area contributed by atoms with Crippen molar-refractivity contribution in [2.45, 2.75) is 53.5 Å². The van der Waals surface area contributed by atoms with Gasteiger partial charge in [-0.15, -0.1) is 0 Å². The van der Waals surface area contributed by atoms with E-state index in [4.69, 9.17) is 10.2 Å². The first-order valence-electron chi connectivity index (χ1n) is 12.3. The lowest BCUT2D eigenvalue weighted by molar-refractivity contribution is -0.134. The number of carbonyl (C=O) groups excluding carboxylic acids is 1. The predicted octanol–water partition coefficient (Wildman–Crippen LogP) is 4.95. The maximum Gasteiger partial charge on any atom is 0.328 e. The number of para-hydroxylation sites is 1.